The second kappa shape index (κ2) is 6.79. The van der Waals surface area contributed by atoms with E-state index in [2.05, 4.69) is 10.1 Å². The van der Waals surface area contributed by atoms with Crippen LogP contribution < -0.4 is 0 Å². The van der Waals surface area contributed by atoms with Crippen molar-refractivity contribution in [3.8, 4) is 0 Å². The maximum absolute atomic E-state index is 11.5. The van der Waals surface area contributed by atoms with Gasteiger partial charge < -0.3 is 10.2 Å². The van der Waals surface area contributed by atoms with Gasteiger partial charge in [-0.25, -0.2) is 9.59 Å². The molecule has 1 aromatic heterocycles. The third kappa shape index (κ3) is 3.61. The van der Waals surface area contributed by atoms with E-state index in [0.717, 1.165) is 29.4 Å². The van der Waals surface area contributed by atoms with Gasteiger partial charge in [0.25, 0.3) is 0 Å². The summed E-state index contributed by atoms with van der Waals surface area (Å²) in [5.74, 6) is -0.0660. The van der Waals surface area contributed by atoms with Crippen molar-refractivity contribution in [3.05, 3.63) is 29.2 Å². The summed E-state index contributed by atoms with van der Waals surface area (Å²) in [7, 11) is 0. The van der Waals surface area contributed by atoms with Gasteiger partial charge in [0, 0.05) is 40.8 Å². The fraction of sp³-hybridized carbons (Fsp3) is 0.429. The van der Waals surface area contributed by atoms with E-state index in [1.54, 1.807) is 0 Å². The summed E-state index contributed by atoms with van der Waals surface area (Å²) in [6, 6.07) is 2.01. The lowest BCUT2D eigenvalue weighted by molar-refractivity contribution is -0.133. The summed E-state index contributed by atoms with van der Waals surface area (Å²) >= 11 is 3.14. The first-order valence-electron chi connectivity index (χ1n) is 7.03. The van der Waals surface area contributed by atoms with Gasteiger partial charge >= 0.3 is 11.9 Å². The van der Waals surface area contributed by atoms with Crippen molar-refractivity contribution in [2.24, 2.45) is 4.99 Å². The number of fused-ring (bicyclic) bond motifs is 1. The summed E-state index contributed by atoms with van der Waals surface area (Å²) in [5.41, 5.74) is 2.08. The lowest BCUT2D eigenvalue weighted by Gasteiger charge is -2.14. The van der Waals surface area contributed by atoms with Crippen molar-refractivity contribution in [2.45, 2.75) is 24.0 Å². The smallest absolute Gasteiger partial charge is 0.351 e. The van der Waals surface area contributed by atoms with Crippen molar-refractivity contribution >= 4 is 41.2 Å². The third-order valence-electron chi connectivity index (χ3n) is 3.63. The molecule has 3 rings (SSSR count). The molecule has 122 valence electrons. The fourth-order valence-corrected chi connectivity index (χ4v) is 4.53. The van der Waals surface area contributed by atoms with Gasteiger partial charge in [-0.2, -0.15) is 16.9 Å². The standard InChI is InChI=1S/C14H15N3O4S2/c18-13(19)10-5-15-11(14(20)21)7-23-12(10)4-8-3-9-6-22-2-1-17(9)16-8/h3,5,12H,1-2,4,6-7H2,(H,18,19)(H,20,21). The Morgan fingerprint density at radius 2 is 2.13 bits per heavy atom. The Morgan fingerprint density at radius 1 is 1.30 bits per heavy atom. The highest BCUT2D eigenvalue weighted by Gasteiger charge is 2.27. The molecule has 2 aliphatic rings. The van der Waals surface area contributed by atoms with Gasteiger partial charge in [0.15, 0.2) is 0 Å². The predicted octanol–water partition coefficient (Wildman–Crippen LogP) is 1.28. The normalized spacial score (nSPS) is 21.0. The maximum Gasteiger partial charge on any atom is 0.351 e. The molecule has 0 aromatic carbocycles. The number of aromatic nitrogens is 2. The molecule has 0 radical (unpaired) electrons. The average molecular weight is 353 g/mol. The Hall–Kier alpha value is -1.74. The zero-order chi connectivity index (χ0) is 16.4. The van der Waals surface area contributed by atoms with E-state index < -0.39 is 11.9 Å². The minimum atomic E-state index is -1.12. The number of hydrogen-bond donors (Lipinski definition) is 2. The fourth-order valence-electron chi connectivity index (χ4n) is 2.46. The molecule has 7 nitrogen and oxygen atoms in total. The van der Waals surface area contributed by atoms with Crippen LogP contribution in [-0.4, -0.2) is 54.4 Å². The highest BCUT2D eigenvalue weighted by Crippen LogP contribution is 2.28. The molecule has 1 unspecified atom stereocenters. The lowest BCUT2D eigenvalue weighted by Crippen LogP contribution is -2.20. The number of aliphatic carboxylic acids is 2. The predicted molar refractivity (Wildman–Crippen MR) is 89.1 cm³/mol. The van der Waals surface area contributed by atoms with Gasteiger partial charge in [0.1, 0.15) is 5.71 Å². The summed E-state index contributed by atoms with van der Waals surface area (Å²) in [5, 5.41) is 22.6. The molecule has 23 heavy (non-hydrogen) atoms. The first kappa shape index (κ1) is 16.1. The number of carboxylic acids is 2. The molecule has 1 atom stereocenters. The van der Waals surface area contributed by atoms with E-state index in [9.17, 15) is 14.7 Å². The Bertz CT molecular complexity index is 687. The molecule has 2 N–H and O–H groups in total. The van der Waals surface area contributed by atoms with E-state index in [0.29, 0.717) is 6.42 Å². The summed E-state index contributed by atoms with van der Waals surface area (Å²) in [6.07, 6.45) is 1.62. The zero-order valence-electron chi connectivity index (χ0n) is 12.1. The van der Waals surface area contributed by atoms with E-state index >= 15 is 0 Å². The van der Waals surface area contributed by atoms with Crippen LogP contribution in [0.5, 0.6) is 0 Å². The van der Waals surface area contributed by atoms with Crippen molar-refractivity contribution in [3.63, 3.8) is 0 Å². The van der Waals surface area contributed by atoms with Crippen LogP contribution >= 0.6 is 23.5 Å². The molecular formula is C14H15N3O4S2. The SMILES string of the molecule is O=C(O)C1=CN=C(C(=O)O)CSC1Cc1cc2n(n1)CCSC2. The Labute approximate surface area is 140 Å². The first-order chi connectivity index (χ1) is 11.0. The van der Waals surface area contributed by atoms with E-state index in [1.165, 1.54) is 18.0 Å². The second-order valence-corrected chi connectivity index (χ2v) is 7.47. The van der Waals surface area contributed by atoms with Crippen LogP contribution in [0.1, 0.15) is 11.4 Å². The average Bonchev–Trinajstić information content (AvgIpc) is 2.78. The van der Waals surface area contributed by atoms with Crippen LogP contribution in [0.15, 0.2) is 22.8 Å². The Balaban J connectivity index is 1.80. The molecule has 0 saturated carbocycles. The monoisotopic (exact) mass is 353 g/mol. The number of aliphatic imine (C=N–C) groups is 1. The molecule has 0 fully saturated rings. The van der Waals surface area contributed by atoms with Gasteiger partial charge in [-0.15, -0.1) is 11.8 Å². The van der Waals surface area contributed by atoms with Gasteiger partial charge in [-0.05, 0) is 6.07 Å². The molecule has 0 bridgehead atoms. The van der Waals surface area contributed by atoms with Gasteiger partial charge in [-0.1, -0.05) is 0 Å². The lowest BCUT2D eigenvalue weighted by atomic mass is 10.1. The maximum atomic E-state index is 11.5. The summed E-state index contributed by atoms with van der Waals surface area (Å²) in [6.45, 7) is 0.867. The van der Waals surface area contributed by atoms with Crippen LogP contribution in [0.4, 0.5) is 0 Å². The Kier molecular flexibility index (Phi) is 4.76. The number of hydrogen-bond acceptors (Lipinski definition) is 6. The molecule has 9 heteroatoms. The molecular weight excluding hydrogens is 338 g/mol. The highest BCUT2D eigenvalue weighted by molar-refractivity contribution is 8.00. The van der Waals surface area contributed by atoms with Crippen LogP contribution in [0, 0.1) is 0 Å². The molecule has 0 saturated heterocycles. The minimum Gasteiger partial charge on any atom is -0.478 e. The quantitative estimate of drug-likeness (QED) is 0.840. The first-order valence-corrected chi connectivity index (χ1v) is 9.23. The van der Waals surface area contributed by atoms with E-state index in [1.807, 2.05) is 22.5 Å². The van der Waals surface area contributed by atoms with E-state index in [4.69, 9.17) is 5.11 Å². The highest BCUT2D eigenvalue weighted by atomic mass is 32.2. The molecule has 0 aliphatic carbocycles. The number of rotatable bonds is 4. The van der Waals surface area contributed by atoms with E-state index in [-0.39, 0.29) is 22.3 Å². The van der Waals surface area contributed by atoms with Gasteiger partial charge in [0.2, 0.25) is 0 Å². The van der Waals surface area contributed by atoms with Gasteiger partial charge in [-0.3, -0.25) is 9.67 Å². The molecule has 0 spiro atoms. The van der Waals surface area contributed by atoms with Crippen LogP contribution in [0.3, 0.4) is 0 Å². The number of nitrogens with zero attached hydrogens (tertiary/aromatic N) is 3. The molecule has 3 heterocycles. The van der Waals surface area contributed by atoms with Crippen LogP contribution in [-0.2, 0) is 28.3 Å². The van der Waals surface area contributed by atoms with Crippen molar-refractivity contribution in [1.29, 1.82) is 0 Å². The number of aryl methyl sites for hydroxylation is 1. The van der Waals surface area contributed by atoms with Crippen molar-refractivity contribution in [1.82, 2.24) is 9.78 Å². The number of carbonyl (C=O) groups is 2. The topological polar surface area (TPSA) is 105 Å². The van der Waals surface area contributed by atoms with Crippen LogP contribution in [0.25, 0.3) is 0 Å². The van der Waals surface area contributed by atoms with Gasteiger partial charge in [0.05, 0.1) is 17.8 Å². The largest absolute Gasteiger partial charge is 0.478 e. The zero-order valence-corrected chi connectivity index (χ0v) is 13.8. The van der Waals surface area contributed by atoms with Crippen molar-refractivity contribution < 1.29 is 19.8 Å². The number of thioether (sulfide) groups is 2. The minimum absolute atomic E-state index is 0.0308. The third-order valence-corrected chi connectivity index (χ3v) is 5.86. The molecule has 2 aliphatic heterocycles. The Morgan fingerprint density at radius 3 is 2.83 bits per heavy atom. The number of carboxylic acid groups (broad SMARTS) is 2. The molecule has 0 amide bonds. The second-order valence-electron chi connectivity index (χ2n) is 5.18. The summed E-state index contributed by atoms with van der Waals surface area (Å²) in [4.78, 5) is 26.3. The molecule has 1 aromatic rings. The van der Waals surface area contributed by atoms with Crippen LogP contribution in [0.2, 0.25) is 0 Å². The summed E-state index contributed by atoms with van der Waals surface area (Å²) < 4.78 is 1.97. The van der Waals surface area contributed by atoms with Crippen molar-refractivity contribution in [2.75, 3.05) is 11.5 Å².